The summed E-state index contributed by atoms with van der Waals surface area (Å²) in [5.41, 5.74) is 4.23. The summed E-state index contributed by atoms with van der Waals surface area (Å²) in [7, 11) is 0. The van der Waals surface area contributed by atoms with Crippen LogP contribution in [0.25, 0.3) is 0 Å². The summed E-state index contributed by atoms with van der Waals surface area (Å²) in [6, 6.07) is 7.55. The molecule has 0 saturated carbocycles. The third-order valence-electron chi connectivity index (χ3n) is 6.64. The second-order valence-corrected chi connectivity index (χ2v) is 9.77. The number of fused-ring (bicyclic) bond motifs is 1. The molecule has 1 aromatic carbocycles. The van der Waals surface area contributed by atoms with Gasteiger partial charge in [-0.15, -0.1) is 0 Å². The minimum atomic E-state index is -0.430. The van der Waals surface area contributed by atoms with Gasteiger partial charge in [0.15, 0.2) is 0 Å². The van der Waals surface area contributed by atoms with Crippen molar-refractivity contribution >= 4 is 6.09 Å². The van der Waals surface area contributed by atoms with E-state index >= 15 is 0 Å². The molecule has 1 amide bonds. The molecule has 5 nitrogen and oxygen atoms in total. The third kappa shape index (κ3) is 4.95. The molecule has 1 aromatic rings. The van der Waals surface area contributed by atoms with Crippen LogP contribution in [0.5, 0.6) is 0 Å². The second kappa shape index (κ2) is 8.65. The molecule has 1 aliphatic carbocycles. The van der Waals surface area contributed by atoms with E-state index in [4.69, 9.17) is 9.47 Å². The van der Waals surface area contributed by atoms with Gasteiger partial charge in [-0.05, 0) is 75.5 Å². The molecule has 0 N–H and O–H groups in total. The highest BCUT2D eigenvalue weighted by Crippen LogP contribution is 2.36. The lowest BCUT2D eigenvalue weighted by Crippen LogP contribution is -2.46. The van der Waals surface area contributed by atoms with Crippen LogP contribution in [0.1, 0.15) is 62.6 Å². The van der Waals surface area contributed by atoms with Crippen molar-refractivity contribution < 1.29 is 14.3 Å². The minimum absolute atomic E-state index is 0.168. The molecule has 0 bridgehead atoms. The van der Waals surface area contributed by atoms with Crippen LogP contribution in [0.2, 0.25) is 0 Å². The van der Waals surface area contributed by atoms with Crippen molar-refractivity contribution in [3.8, 4) is 0 Å². The Balaban J connectivity index is 1.42. The van der Waals surface area contributed by atoms with Crippen LogP contribution in [0.3, 0.4) is 0 Å². The van der Waals surface area contributed by atoms with E-state index < -0.39 is 5.60 Å². The van der Waals surface area contributed by atoms with Crippen molar-refractivity contribution in [1.82, 2.24) is 9.80 Å². The molecule has 1 atom stereocenters. The fourth-order valence-electron chi connectivity index (χ4n) is 5.13. The van der Waals surface area contributed by atoms with E-state index in [1.54, 1.807) is 11.1 Å². The van der Waals surface area contributed by atoms with Crippen LogP contribution in [-0.4, -0.2) is 66.9 Å². The van der Waals surface area contributed by atoms with Gasteiger partial charge in [0.05, 0.1) is 13.2 Å². The van der Waals surface area contributed by atoms with E-state index in [1.807, 2.05) is 25.7 Å². The Morgan fingerprint density at radius 3 is 2.48 bits per heavy atom. The van der Waals surface area contributed by atoms with Gasteiger partial charge in [-0.1, -0.05) is 18.2 Å². The predicted octanol–water partition coefficient (Wildman–Crippen LogP) is 3.99. The maximum Gasteiger partial charge on any atom is 0.410 e. The third-order valence-corrected chi connectivity index (χ3v) is 6.64. The Kier molecular flexibility index (Phi) is 6.16. The highest BCUT2D eigenvalue weighted by molar-refractivity contribution is 5.68. The highest BCUT2D eigenvalue weighted by atomic mass is 16.6. The number of hydrogen-bond acceptors (Lipinski definition) is 4. The highest BCUT2D eigenvalue weighted by Gasteiger charge is 2.31. The van der Waals surface area contributed by atoms with Gasteiger partial charge in [0, 0.05) is 32.2 Å². The Morgan fingerprint density at radius 2 is 1.79 bits per heavy atom. The van der Waals surface area contributed by atoms with Crippen LogP contribution in [0.4, 0.5) is 4.79 Å². The van der Waals surface area contributed by atoms with E-state index in [0.717, 1.165) is 58.7 Å². The van der Waals surface area contributed by atoms with Crippen molar-refractivity contribution in [2.75, 3.05) is 39.4 Å². The topological polar surface area (TPSA) is 42.0 Å². The number of amides is 1. The lowest BCUT2D eigenvalue weighted by Gasteiger charge is -2.39. The summed E-state index contributed by atoms with van der Waals surface area (Å²) in [6.07, 6.45) is 5.49. The summed E-state index contributed by atoms with van der Waals surface area (Å²) < 4.78 is 11.1. The molecule has 2 aliphatic heterocycles. The molecule has 2 fully saturated rings. The van der Waals surface area contributed by atoms with Crippen molar-refractivity contribution in [3.63, 3.8) is 0 Å². The van der Waals surface area contributed by atoms with Crippen molar-refractivity contribution in [1.29, 1.82) is 0 Å². The molecule has 160 valence electrons. The normalized spacial score (nSPS) is 24.2. The number of ether oxygens (including phenoxy) is 2. The van der Waals surface area contributed by atoms with Gasteiger partial charge in [-0.25, -0.2) is 4.79 Å². The fraction of sp³-hybridized carbons (Fsp3) is 0.708. The van der Waals surface area contributed by atoms with Gasteiger partial charge in [-0.2, -0.15) is 0 Å². The van der Waals surface area contributed by atoms with E-state index in [2.05, 4.69) is 23.1 Å². The molecular weight excluding hydrogens is 364 g/mol. The molecule has 4 rings (SSSR count). The lowest BCUT2D eigenvalue weighted by molar-refractivity contribution is 0.0135. The zero-order chi connectivity index (χ0) is 20.4. The lowest BCUT2D eigenvalue weighted by atomic mass is 9.78. The van der Waals surface area contributed by atoms with Gasteiger partial charge in [0.2, 0.25) is 0 Å². The maximum atomic E-state index is 12.4. The van der Waals surface area contributed by atoms with Crippen LogP contribution in [0.15, 0.2) is 18.2 Å². The van der Waals surface area contributed by atoms with Crippen LogP contribution in [-0.2, 0) is 22.3 Å². The number of benzene rings is 1. The average molecular weight is 401 g/mol. The maximum absolute atomic E-state index is 12.4. The summed E-state index contributed by atoms with van der Waals surface area (Å²) in [5, 5.41) is 0. The number of carbonyl (C=O) groups is 1. The summed E-state index contributed by atoms with van der Waals surface area (Å²) >= 11 is 0. The summed E-state index contributed by atoms with van der Waals surface area (Å²) in [5.74, 6) is 0.548. The van der Waals surface area contributed by atoms with Gasteiger partial charge < -0.3 is 14.4 Å². The van der Waals surface area contributed by atoms with Crippen molar-refractivity contribution in [2.24, 2.45) is 0 Å². The van der Waals surface area contributed by atoms with Gasteiger partial charge in [-0.3, -0.25) is 4.90 Å². The molecule has 2 saturated heterocycles. The molecule has 3 aliphatic rings. The van der Waals surface area contributed by atoms with Crippen LogP contribution in [0, 0.1) is 0 Å². The van der Waals surface area contributed by atoms with E-state index in [0.29, 0.717) is 12.0 Å². The number of hydrogen-bond donors (Lipinski definition) is 0. The largest absolute Gasteiger partial charge is 0.444 e. The van der Waals surface area contributed by atoms with Crippen molar-refractivity contribution in [2.45, 2.75) is 70.4 Å². The Bertz CT molecular complexity index is 713. The molecular formula is C24H36N2O3. The molecule has 1 unspecified atom stereocenters. The second-order valence-electron chi connectivity index (χ2n) is 9.77. The molecule has 2 heterocycles. The summed E-state index contributed by atoms with van der Waals surface area (Å²) in [6.45, 7) is 11.2. The Labute approximate surface area is 175 Å². The molecule has 0 spiro atoms. The van der Waals surface area contributed by atoms with Gasteiger partial charge in [0.1, 0.15) is 5.60 Å². The average Bonchev–Trinajstić information content (AvgIpc) is 2.72. The van der Waals surface area contributed by atoms with Crippen LogP contribution < -0.4 is 0 Å². The number of rotatable bonds is 2. The molecule has 0 radical (unpaired) electrons. The first-order valence-electron chi connectivity index (χ1n) is 11.3. The minimum Gasteiger partial charge on any atom is -0.444 e. The molecule has 0 aromatic heterocycles. The fourth-order valence-corrected chi connectivity index (χ4v) is 5.13. The number of likely N-dealkylation sites (tertiary alicyclic amines) is 1. The Morgan fingerprint density at radius 1 is 1.07 bits per heavy atom. The number of nitrogens with zero attached hydrogens (tertiary/aromatic N) is 2. The zero-order valence-corrected chi connectivity index (χ0v) is 18.3. The van der Waals surface area contributed by atoms with Gasteiger partial charge >= 0.3 is 6.09 Å². The Hall–Kier alpha value is -1.59. The number of aryl methyl sites for hydroxylation is 1. The summed E-state index contributed by atoms with van der Waals surface area (Å²) in [4.78, 5) is 16.9. The first kappa shape index (κ1) is 20.7. The number of morpholine rings is 1. The quantitative estimate of drug-likeness (QED) is 0.753. The number of piperidine rings is 1. The monoisotopic (exact) mass is 400 g/mol. The first-order valence-corrected chi connectivity index (χ1v) is 11.3. The van der Waals surface area contributed by atoms with Crippen molar-refractivity contribution in [3.05, 3.63) is 34.9 Å². The SMILES string of the molecule is CC(C)(C)OC(=O)N1CCC(c2cccc3c2CC(N2CCOCC2)CC3)CC1. The molecule has 29 heavy (non-hydrogen) atoms. The van der Waals surface area contributed by atoms with E-state index in [9.17, 15) is 4.79 Å². The standard InChI is InChI=1S/C24H36N2O3/c1-24(2,3)29-23(27)26-11-9-19(10-12-26)21-6-4-5-18-7-8-20(17-22(18)21)25-13-15-28-16-14-25/h4-6,19-20H,7-17H2,1-3H3. The zero-order valence-electron chi connectivity index (χ0n) is 18.3. The smallest absolute Gasteiger partial charge is 0.410 e. The number of carbonyl (C=O) groups excluding carboxylic acids is 1. The van der Waals surface area contributed by atoms with E-state index in [-0.39, 0.29) is 6.09 Å². The first-order chi connectivity index (χ1) is 13.9. The van der Waals surface area contributed by atoms with E-state index in [1.165, 1.54) is 18.4 Å². The van der Waals surface area contributed by atoms with Crippen LogP contribution >= 0.6 is 0 Å². The van der Waals surface area contributed by atoms with Gasteiger partial charge in [0.25, 0.3) is 0 Å². The predicted molar refractivity (Wildman–Crippen MR) is 114 cm³/mol. The molecule has 5 heteroatoms.